The summed E-state index contributed by atoms with van der Waals surface area (Å²) in [6, 6.07) is 12.8. The molecule has 1 aromatic heterocycles. The molecule has 5 heteroatoms. The highest BCUT2D eigenvalue weighted by Crippen LogP contribution is 2.24. The van der Waals surface area contributed by atoms with Crippen molar-refractivity contribution in [2.75, 3.05) is 11.1 Å². The third kappa shape index (κ3) is 3.39. The summed E-state index contributed by atoms with van der Waals surface area (Å²) in [5, 5.41) is 12.0. The highest BCUT2D eigenvalue weighted by molar-refractivity contribution is 5.61. The average molecular weight is 268 g/mol. The lowest BCUT2D eigenvalue weighted by molar-refractivity contribution is 0.234. The van der Waals surface area contributed by atoms with Gasteiger partial charge in [0.1, 0.15) is 5.82 Å². The Morgan fingerprint density at radius 3 is 2.80 bits per heavy atom. The van der Waals surface area contributed by atoms with Gasteiger partial charge in [0.2, 0.25) is 5.88 Å². The molecule has 3 N–H and O–H groups in total. The Kier molecular flexibility index (Phi) is 4.06. The van der Waals surface area contributed by atoms with E-state index in [9.17, 15) is 0 Å². The fourth-order valence-corrected chi connectivity index (χ4v) is 1.65. The van der Waals surface area contributed by atoms with Gasteiger partial charge in [-0.05, 0) is 44.2 Å². The van der Waals surface area contributed by atoms with Crippen molar-refractivity contribution in [3.05, 3.63) is 42.0 Å². The monoisotopic (exact) mass is 268 g/mol. The molecule has 0 aliphatic carbocycles. The summed E-state index contributed by atoms with van der Waals surface area (Å²) >= 11 is 0. The molecule has 0 atom stereocenters. The van der Waals surface area contributed by atoms with E-state index in [0.29, 0.717) is 22.9 Å². The molecule has 2 rings (SSSR count). The molecule has 102 valence electrons. The van der Waals surface area contributed by atoms with Gasteiger partial charge >= 0.3 is 0 Å². The minimum Gasteiger partial charge on any atom is -0.473 e. The van der Waals surface area contributed by atoms with E-state index in [0.717, 1.165) is 5.69 Å². The molecule has 0 amide bonds. The second-order valence-electron chi connectivity index (χ2n) is 4.58. The highest BCUT2D eigenvalue weighted by Gasteiger charge is 2.07. The molecule has 0 aliphatic heterocycles. The maximum atomic E-state index is 8.88. The average Bonchev–Trinajstić information content (AvgIpc) is 2.42. The number of hydrogen-bond acceptors (Lipinski definition) is 5. The molecule has 5 nitrogen and oxygen atoms in total. The summed E-state index contributed by atoms with van der Waals surface area (Å²) in [6.45, 7) is 3.83. The minimum absolute atomic E-state index is 0.00182. The Labute approximate surface area is 118 Å². The van der Waals surface area contributed by atoms with Gasteiger partial charge in [0.15, 0.2) is 0 Å². The van der Waals surface area contributed by atoms with Gasteiger partial charge in [0, 0.05) is 5.69 Å². The van der Waals surface area contributed by atoms with E-state index < -0.39 is 0 Å². The number of aromatic nitrogens is 1. The quantitative estimate of drug-likeness (QED) is 0.890. The zero-order chi connectivity index (χ0) is 14.5. The van der Waals surface area contributed by atoms with Crippen LogP contribution in [0.3, 0.4) is 0 Å². The molecular formula is C15H16N4O. The number of rotatable bonds is 4. The number of nitriles is 1. The third-order valence-corrected chi connectivity index (χ3v) is 2.50. The SMILES string of the molecule is CC(C)Oc1nc(Nc2cccc(C#N)c2)ccc1N. The predicted octanol–water partition coefficient (Wildman–Crippen LogP) is 3.07. The number of nitrogens with two attached hydrogens (primary N) is 1. The van der Waals surface area contributed by atoms with Crippen molar-refractivity contribution in [2.45, 2.75) is 20.0 Å². The van der Waals surface area contributed by atoms with Crippen LogP contribution in [0.1, 0.15) is 19.4 Å². The van der Waals surface area contributed by atoms with E-state index >= 15 is 0 Å². The standard InChI is InChI=1S/C15H16N4O/c1-10(2)20-15-13(17)6-7-14(19-15)18-12-5-3-4-11(8-12)9-16/h3-8,10H,17H2,1-2H3,(H,18,19). The summed E-state index contributed by atoms with van der Waals surface area (Å²) in [4.78, 5) is 4.32. The molecule has 1 heterocycles. The molecule has 0 bridgehead atoms. The third-order valence-electron chi connectivity index (χ3n) is 2.50. The van der Waals surface area contributed by atoms with Gasteiger partial charge in [-0.3, -0.25) is 0 Å². The minimum atomic E-state index is 0.00182. The van der Waals surface area contributed by atoms with E-state index in [1.807, 2.05) is 26.0 Å². The van der Waals surface area contributed by atoms with Gasteiger partial charge < -0.3 is 15.8 Å². The first-order chi connectivity index (χ1) is 9.58. The van der Waals surface area contributed by atoms with Gasteiger partial charge in [-0.1, -0.05) is 6.07 Å². The van der Waals surface area contributed by atoms with Crippen LogP contribution in [0.4, 0.5) is 17.2 Å². The highest BCUT2D eigenvalue weighted by atomic mass is 16.5. The Morgan fingerprint density at radius 1 is 1.30 bits per heavy atom. The second kappa shape index (κ2) is 5.93. The number of anilines is 3. The van der Waals surface area contributed by atoms with Crippen molar-refractivity contribution >= 4 is 17.2 Å². The number of hydrogen-bond donors (Lipinski definition) is 2. The maximum Gasteiger partial charge on any atom is 0.239 e. The topological polar surface area (TPSA) is 84.0 Å². The zero-order valence-corrected chi connectivity index (χ0v) is 11.4. The smallest absolute Gasteiger partial charge is 0.239 e. The van der Waals surface area contributed by atoms with Crippen molar-refractivity contribution in [1.82, 2.24) is 4.98 Å². The number of ether oxygens (including phenoxy) is 1. The lowest BCUT2D eigenvalue weighted by Crippen LogP contribution is -2.09. The molecular weight excluding hydrogens is 252 g/mol. The van der Waals surface area contributed by atoms with Crippen LogP contribution in [0.2, 0.25) is 0 Å². The largest absolute Gasteiger partial charge is 0.473 e. The van der Waals surface area contributed by atoms with Crippen molar-refractivity contribution in [3.8, 4) is 11.9 Å². The fraction of sp³-hybridized carbons (Fsp3) is 0.200. The van der Waals surface area contributed by atoms with E-state index in [1.54, 1.807) is 24.3 Å². The van der Waals surface area contributed by atoms with Crippen LogP contribution >= 0.6 is 0 Å². The summed E-state index contributed by atoms with van der Waals surface area (Å²) in [7, 11) is 0. The fourth-order valence-electron chi connectivity index (χ4n) is 1.65. The van der Waals surface area contributed by atoms with Crippen LogP contribution in [-0.2, 0) is 0 Å². The van der Waals surface area contributed by atoms with Crippen molar-refractivity contribution in [1.29, 1.82) is 5.26 Å². The summed E-state index contributed by atoms with van der Waals surface area (Å²) < 4.78 is 5.54. The summed E-state index contributed by atoms with van der Waals surface area (Å²) in [5.74, 6) is 1.02. The van der Waals surface area contributed by atoms with Crippen LogP contribution in [0.25, 0.3) is 0 Å². The number of nitrogens with zero attached hydrogens (tertiary/aromatic N) is 2. The van der Waals surface area contributed by atoms with Gasteiger partial charge in [0.05, 0.1) is 23.4 Å². The van der Waals surface area contributed by atoms with Crippen molar-refractivity contribution in [3.63, 3.8) is 0 Å². The first kappa shape index (κ1) is 13.7. The Hall–Kier alpha value is -2.74. The van der Waals surface area contributed by atoms with Gasteiger partial charge in [-0.2, -0.15) is 10.2 Å². The molecule has 0 fully saturated rings. The second-order valence-corrected chi connectivity index (χ2v) is 4.58. The number of nitrogen functional groups attached to an aromatic ring is 1. The van der Waals surface area contributed by atoms with Crippen LogP contribution < -0.4 is 15.8 Å². The van der Waals surface area contributed by atoms with Crippen molar-refractivity contribution in [2.24, 2.45) is 0 Å². The molecule has 0 radical (unpaired) electrons. The van der Waals surface area contributed by atoms with Crippen LogP contribution in [-0.4, -0.2) is 11.1 Å². The normalized spacial score (nSPS) is 10.1. The number of nitrogens with one attached hydrogen (secondary N) is 1. The number of pyridine rings is 1. The Balaban J connectivity index is 2.23. The van der Waals surface area contributed by atoms with Gasteiger partial charge in [-0.25, -0.2) is 0 Å². The lowest BCUT2D eigenvalue weighted by atomic mass is 10.2. The predicted molar refractivity (Wildman–Crippen MR) is 78.9 cm³/mol. The first-order valence-electron chi connectivity index (χ1n) is 6.29. The zero-order valence-electron chi connectivity index (χ0n) is 11.4. The molecule has 0 saturated heterocycles. The molecule has 1 aromatic carbocycles. The maximum absolute atomic E-state index is 8.88. The molecule has 2 aromatic rings. The molecule has 0 spiro atoms. The molecule has 0 aliphatic rings. The van der Waals surface area contributed by atoms with E-state index in [2.05, 4.69) is 16.4 Å². The van der Waals surface area contributed by atoms with Crippen LogP contribution in [0.15, 0.2) is 36.4 Å². The van der Waals surface area contributed by atoms with E-state index in [4.69, 9.17) is 15.7 Å². The van der Waals surface area contributed by atoms with Crippen LogP contribution in [0.5, 0.6) is 5.88 Å². The molecule has 0 unspecified atom stereocenters. The van der Waals surface area contributed by atoms with Gasteiger partial charge in [0.25, 0.3) is 0 Å². The lowest BCUT2D eigenvalue weighted by Gasteiger charge is -2.13. The van der Waals surface area contributed by atoms with Crippen LogP contribution in [0, 0.1) is 11.3 Å². The summed E-state index contributed by atoms with van der Waals surface area (Å²) in [6.07, 6.45) is 0.00182. The van der Waals surface area contributed by atoms with E-state index in [-0.39, 0.29) is 6.10 Å². The molecule has 0 saturated carbocycles. The Bertz CT molecular complexity index is 647. The molecule has 20 heavy (non-hydrogen) atoms. The first-order valence-corrected chi connectivity index (χ1v) is 6.29. The van der Waals surface area contributed by atoms with Crippen molar-refractivity contribution < 1.29 is 4.74 Å². The van der Waals surface area contributed by atoms with E-state index in [1.165, 1.54) is 0 Å². The Morgan fingerprint density at radius 2 is 2.10 bits per heavy atom. The summed E-state index contributed by atoms with van der Waals surface area (Å²) in [5.41, 5.74) is 7.69. The van der Waals surface area contributed by atoms with Gasteiger partial charge in [-0.15, -0.1) is 0 Å². The number of benzene rings is 1.